The van der Waals surface area contributed by atoms with Crippen molar-refractivity contribution in [2.24, 2.45) is 16.2 Å². The Morgan fingerprint density at radius 2 is 0.444 bits per heavy atom. The van der Waals surface area contributed by atoms with Crippen molar-refractivity contribution < 1.29 is 121 Å². The van der Waals surface area contributed by atoms with Gasteiger partial charge in [-0.1, -0.05) is 6.92 Å². The number of carboxylic acid groups (broad SMARTS) is 3. The van der Waals surface area contributed by atoms with Crippen LogP contribution in [0.15, 0.2) is 0 Å². The molecule has 0 aliphatic heterocycles. The van der Waals surface area contributed by atoms with E-state index in [2.05, 4.69) is 139 Å². The van der Waals surface area contributed by atoms with Crippen LogP contribution in [0.1, 0.15) is 58.3 Å². The van der Waals surface area contributed by atoms with E-state index in [0.29, 0.717) is 23.7 Å². The Morgan fingerprint density at radius 1 is 0.284 bits per heavy atom. The molecule has 476 valence electrons. The number of aliphatic carboxylic acids is 3. The normalized spacial score (nSPS) is 10.4. The van der Waals surface area contributed by atoms with Crippen molar-refractivity contribution in [1.82, 2.24) is 0 Å². The van der Waals surface area contributed by atoms with E-state index in [4.69, 9.17) is 68.5 Å². The molecule has 0 rings (SSSR count). The predicted molar refractivity (Wildman–Crippen MR) is 334 cm³/mol. The zero-order valence-electron chi connectivity index (χ0n) is 44.6. The van der Waals surface area contributed by atoms with Gasteiger partial charge in [0.1, 0.15) is 63.7 Å². The number of rotatable bonds is 38. The minimum Gasteiger partial charge on any atom is -0.481 e. The number of carboxylic acids is 3. The first kappa shape index (κ1) is 90.1. The second-order valence-electron chi connectivity index (χ2n) is 15.7. The fraction of sp³-hybridized carbons (Fsp3) is 0.756. The number of esters is 8. The molecule has 0 aliphatic carbocycles. The molecule has 0 radical (unpaired) electrons. The van der Waals surface area contributed by atoms with E-state index in [9.17, 15) is 52.7 Å². The number of ether oxygens (including phenoxy) is 8. The van der Waals surface area contributed by atoms with Crippen LogP contribution in [0, 0.1) is 16.2 Å². The fourth-order valence-corrected chi connectivity index (χ4v) is 5.65. The quantitative estimate of drug-likeness (QED) is 0.0238. The standard InChI is InChI=1S/C17H28O8S4.C13H20O8S4.C6H14O3.3C3H6O2S/c18-13(1-5-26)22-9-17(10-23-14(19)2-6-27,11-24-15(20)3-7-28)12-25-16(21)4-8-29;14-9(1-22)18-5-13(6-19-10(15)2-23,7-20-11(16)3-24)8-21-12(17)4-25;1-2-6(3-7,4-8)5-9;3*4-3(5)1-2-6/h26-29H,1-12H2;22-25H,1-8H2;7-9H,2-5H2,1H3;3*6H,1-2H2,(H,4,5). The lowest BCUT2D eigenvalue weighted by Gasteiger charge is -2.31. The molecule has 6 N–H and O–H groups in total. The zero-order valence-corrected chi connectivity index (χ0v) is 54.4. The third-order valence-electron chi connectivity index (χ3n) is 8.83. The Morgan fingerprint density at radius 3 is 0.531 bits per heavy atom. The Hall–Kier alpha value is -2.10. The zero-order chi connectivity index (χ0) is 63.7. The van der Waals surface area contributed by atoms with E-state index < -0.39 is 81.9 Å². The van der Waals surface area contributed by atoms with Gasteiger partial charge in [0, 0.05) is 45.7 Å². The van der Waals surface area contributed by atoms with Crippen LogP contribution < -0.4 is 0 Å². The first-order valence-corrected chi connectivity index (χ1v) is 30.6. The van der Waals surface area contributed by atoms with Crippen LogP contribution in [0.3, 0.4) is 0 Å². The molecule has 0 saturated heterocycles. The van der Waals surface area contributed by atoms with Crippen molar-refractivity contribution in [2.75, 3.05) is 136 Å². The van der Waals surface area contributed by atoms with Crippen LogP contribution in [0.5, 0.6) is 0 Å². The molecule has 0 aromatic heterocycles. The van der Waals surface area contributed by atoms with Crippen LogP contribution >= 0.6 is 139 Å². The van der Waals surface area contributed by atoms with Crippen molar-refractivity contribution in [3.63, 3.8) is 0 Å². The van der Waals surface area contributed by atoms with Gasteiger partial charge in [-0.2, -0.15) is 139 Å². The molecule has 0 aliphatic rings. The molecule has 0 bridgehead atoms. The van der Waals surface area contributed by atoms with E-state index in [-0.39, 0.29) is 164 Å². The lowest BCUT2D eigenvalue weighted by Crippen LogP contribution is -2.44. The summed E-state index contributed by atoms with van der Waals surface area (Å²) in [5, 5.41) is 49.6. The van der Waals surface area contributed by atoms with E-state index in [1.807, 2.05) is 6.92 Å². The first-order chi connectivity index (χ1) is 38.2. The van der Waals surface area contributed by atoms with E-state index in [1.54, 1.807) is 0 Å². The fourth-order valence-electron chi connectivity index (χ4n) is 3.98. The van der Waals surface area contributed by atoms with Crippen molar-refractivity contribution >= 4 is 205 Å². The van der Waals surface area contributed by atoms with Gasteiger partial charge in [-0.25, -0.2) is 0 Å². The summed E-state index contributed by atoms with van der Waals surface area (Å²) >= 11 is 42.1. The molecule has 0 atom stereocenters. The maximum absolute atomic E-state index is 11.8. The van der Waals surface area contributed by atoms with Gasteiger partial charge in [0.05, 0.1) is 87.8 Å². The molecule has 0 unspecified atom stereocenters. The molecule has 0 fully saturated rings. The number of aliphatic hydroxyl groups is 3. The molecule has 0 amide bonds. The minimum absolute atomic E-state index is 0.0670. The van der Waals surface area contributed by atoms with Crippen LogP contribution in [0.2, 0.25) is 0 Å². The monoisotopic (exact) mass is 1370 g/mol. The van der Waals surface area contributed by atoms with Crippen LogP contribution in [0.25, 0.3) is 0 Å². The van der Waals surface area contributed by atoms with Gasteiger partial charge in [0.2, 0.25) is 0 Å². The maximum atomic E-state index is 11.8. The summed E-state index contributed by atoms with van der Waals surface area (Å²) in [6.45, 7) is -1.08. The van der Waals surface area contributed by atoms with Crippen molar-refractivity contribution in [3.05, 3.63) is 0 Å². The molecule has 0 heterocycles. The molecule has 0 aromatic carbocycles. The summed E-state index contributed by atoms with van der Waals surface area (Å²) in [6.07, 6.45) is 1.33. The van der Waals surface area contributed by atoms with E-state index in [1.165, 1.54) is 0 Å². The highest BCUT2D eigenvalue weighted by Crippen LogP contribution is 2.24. The number of thiol groups is 11. The third-order valence-corrected chi connectivity index (χ3v) is 11.4. The molecule has 0 aromatic rings. The number of carbonyl (C=O) groups is 11. The summed E-state index contributed by atoms with van der Waals surface area (Å²) in [4.78, 5) is 121. The average molecular weight is 1370 g/mol. The summed E-state index contributed by atoms with van der Waals surface area (Å²) < 4.78 is 40.9. The first-order valence-electron chi connectivity index (χ1n) is 23.6. The highest BCUT2D eigenvalue weighted by Gasteiger charge is 2.39. The topological polar surface area (TPSA) is 383 Å². The molecule has 0 saturated carbocycles. The Bertz CT molecular complexity index is 1510. The van der Waals surface area contributed by atoms with Gasteiger partial charge in [0.15, 0.2) is 0 Å². The Balaban J connectivity index is -0.000000240. The Kier molecular flexibility index (Phi) is 67.9. The lowest BCUT2D eigenvalue weighted by molar-refractivity contribution is -0.172. The number of hydrogen-bond acceptors (Lipinski definition) is 33. The average Bonchev–Trinajstić information content (AvgIpc) is 3.43. The molecule has 36 heteroatoms. The molecule has 0 spiro atoms. The van der Waals surface area contributed by atoms with Crippen molar-refractivity contribution in [3.8, 4) is 0 Å². The largest absolute Gasteiger partial charge is 0.481 e. The van der Waals surface area contributed by atoms with Crippen LogP contribution in [-0.4, -0.2) is 232 Å². The second kappa shape index (κ2) is 61.0. The smallest absolute Gasteiger partial charge is 0.315 e. The van der Waals surface area contributed by atoms with Crippen LogP contribution in [-0.2, 0) is 90.6 Å². The van der Waals surface area contributed by atoms with E-state index >= 15 is 0 Å². The molecular formula is C45H80O25S11. The Labute approximate surface area is 532 Å². The molecular weight excluding hydrogens is 1290 g/mol. The molecule has 81 heavy (non-hydrogen) atoms. The number of aliphatic hydroxyl groups excluding tert-OH is 3. The SMILES string of the molecule is CCC(CO)(CO)CO.O=C(CCS)OCC(COC(=O)CCS)(COC(=O)CCS)COC(=O)CCS.O=C(CS)OCC(COC(=O)CS)(COC(=O)CS)COC(=O)CS.O=C(O)CCS.O=C(O)CCS.O=C(O)CCS. The summed E-state index contributed by atoms with van der Waals surface area (Å²) in [5.74, 6) is -5.36. The van der Waals surface area contributed by atoms with Gasteiger partial charge in [-0.3, -0.25) is 52.7 Å². The maximum Gasteiger partial charge on any atom is 0.315 e. The van der Waals surface area contributed by atoms with Crippen LogP contribution in [0.4, 0.5) is 0 Å². The van der Waals surface area contributed by atoms with E-state index in [0.717, 1.165) is 0 Å². The van der Waals surface area contributed by atoms with Gasteiger partial charge in [0.25, 0.3) is 0 Å². The summed E-state index contributed by atoms with van der Waals surface area (Å²) in [6, 6.07) is 0. The highest BCUT2D eigenvalue weighted by atomic mass is 32.1. The van der Waals surface area contributed by atoms with Crippen molar-refractivity contribution in [2.45, 2.75) is 58.3 Å². The van der Waals surface area contributed by atoms with Gasteiger partial charge in [-0.15, -0.1) is 0 Å². The van der Waals surface area contributed by atoms with Gasteiger partial charge >= 0.3 is 65.7 Å². The van der Waals surface area contributed by atoms with Gasteiger partial charge in [-0.05, 0) is 6.42 Å². The molecule has 25 nitrogen and oxygen atoms in total. The highest BCUT2D eigenvalue weighted by molar-refractivity contribution is 7.82. The minimum atomic E-state index is -1.28. The summed E-state index contributed by atoms with van der Waals surface area (Å²) in [7, 11) is 0. The van der Waals surface area contributed by atoms with Gasteiger partial charge < -0.3 is 68.5 Å². The number of carbonyl (C=O) groups excluding carboxylic acids is 8. The predicted octanol–water partition coefficient (Wildman–Crippen LogP) is 1.82. The summed E-state index contributed by atoms with van der Waals surface area (Å²) in [5.41, 5.74) is -3.20. The lowest BCUT2D eigenvalue weighted by atomic mass is 9.88. The third kappa shape index (κ3) is 59.4. The number of hydrogen-bond donors (Lipinski definition) is 17. The van der Waals surface area contributed by atoms with Crippen molar-refractivity contribution in [1.29, 1.82) is 0 Å². The second-order valence-corrected chi connectivity index (χ2v) is 20.1.